The van der Waals surface area contributed by atoms with Crippen molar-refractivity contribution in [2.24, 2.45) is 7.05 Å². The molecule has 3 heterocycles. The van der Waals surface area contributed by atoms with E-state index in [1.54, 1.807) is 34.5 Å². The molecule has 8 nitrogen and oxygen atoms in total. The van der Waals surface area contributed by atoms with Gasteiger partial charge >= 0.3 is 0 Å². The van der Waals surface area contributed by atoms with E-state index in [2.05, 4.69) is 21.7 Å². The molecule has 0 atom stereocenters. The third-order valence-electron chi connectivity index (χ3n) is 5.07. The van der Waals surface area contributed by atoms with E-state index in [9.17, 15) is 8.42 Å². The molecular formula is C18H24N6O2S2. The Bertz CT molecular complexity index is 1080. The summed E-state index contributed by atoms with van der Waals surface area (Å²) in [5.74, 6) is 1.54. The molecule has 0 bridgehead atoms. The van der Waals surface area contributed by atoms with Gasteiger partial charge in [-0.25, -0.2) is 13.4 Å². The van der Waals surface area contributed by atoms with Crippen molar-refractivity contribution < 1.29 is 8.42 Å². The number of nitrogens with zero attached hydrogens (tertiary/aromatic N) is 6. The summed E-state index contributed by atoms with van der Waals surface area (Å²) in [6.45, 7) is 4.03. The molecule has 2 aromatic heterocycles. The Hall–Kier alpha value is -1.91. The summed E-state index contributed by atoms with van der Waals surface area (Å²) in [5.41, 5.74) is 1.67. The van der Waals surface area contributed by atoms with Crippen molar-refractivity contribution >= 4 is 32.8 Å². The van der Waals surface area contributed by atoms with Gasteiger partial charge in [0.15, 0.2) is 5.16 Å². The third-order valence-corrected chi connectivity index (χ3v) is 7.99. The molecule has 0 amide bonds. The van der Waals surface area contributed by atoms with Gasteiger partial charge in [0.1, 0.15) is 12.2 Å². The number of hydrogen-bond acceptors (Lipinski definition) is 6. The lowest BCUT2D eigenvalue weighted by atomic mass is 10.2. The molecule has 1 aromatic carbocycles. The van der Waals surface area contributed by atoms with Gasteiger partial charge in [0.2, 0.25) is 10.0 Å². The number of hydrogen-bond donors (Lipinski definition) is 0. The minimum atomic E-state index is -3.46. The number of fused-ring (bicyclic) bond motifs is 1. The van der Waals surface area contributed by atoms with Crippen molar-refractivity contribution in [1.29, 1.82) is 0 Å². The quantitative estimate of drug-likeness (QED) is 0.570. The van der Waals surface area contributed by atoms with Crippen LogP contribution in [0.3, 0.4) is 0 Å². The number of piperidine rings is 1. The van der Waals surface area contributed by atoms with Gasteiger partial charge in [-0.3, -0.25) is 0 Å². The fraction of sp³-hybridized carbons (Fsp3) is 0.500. The first-order valence-corrected chi connectivity index (χ1v) is 11.9. The molecule has 3 aromatic rings. The highest BCUT2D eigenvalue weighted by atomic mass is 32.2. The number of benzene rings is 1. The Kier molecular flexibility index (Phi) is 5.44. The normalized spacial score (nSPS) is 16.1. The molecule has 1 aliphatic heterocycles. The third kappa shape index (κ3) is 3.56. The second-order valence-corrected chi connectivity index (χ2v) is 9.78. The molecule has 10 heteroatoms. The van der Waals surface area contributed by atoms with Gasteiger partial charge in [0, 0.05) is 26.7 Å². The van der Waals surface area contributed by atoms with E-state index in [-0.39, 0.29) is 0 Å². The molecule has 1 fully saturated rings. The van der Waals surface area contributed by atoms with E-state index in [4.69, 9.17) is 4.98 Å². The van der Waals surface area contributed by atoms with Crippen LogP contribution >= 0.6 is 11.8 Å². The Labute approximate surface area is 169 Å². The van der Waals surface area contributed by atoms with Gasteiger partial charge in [-0.05, 0) is 38.0 Å². The highest BCUT2D eigenvalue weighted by molar-refractivity contribution is 7.98. The van der Waals surface area contributed by atoms with Gasteiger partial charge in [-0.1, -0.05) is 18.2 Å². The van der Waals surface area contributed by atoms with Crippen LogP contribution in [-0.2, 0) is 29.4 Å². The number of aromatic nitrogens is 5. The minimum absolute atomic E-state index is 0.329. The lowest BCUT2D eigenvalue weighted by molar-refractivity contribution is 0.346. The van der Waals surface area contributed by atoms with E-state index >= 15 is 0 Å². The molecule has 150 valence electrons. The van der Waals surface area contributed by atoms with Crippen LogP contribution in [0.2, 0.25) is 0 Å². The zero-order valence-electron chi connectivity index (χ0n) is 16.1. The number of thioether (sulfide) groups is 1. The van der Waals surface area contributed by atoms with E-state index in [1.165, 1.54) is 0 Å². The van der Waals surface area contributed by atoms with Gasteiger partial charge in [-0.15, -0.1) is 10.2 Å². The molecule has 0 radical (unpaired) electrons. The molecule has 4 rings (SSSR count). The monoisotopic (exact) mass is 420 g/mol. The van der Waals surface area contributed by atoms with Crippen LogP contribution in [0.25, 0.3) is 11.0 Å². The SMILES string of the molecule is CCn1c(CSc2nncn2C)nc2cc(S(=O)(=O)N3CCCCC3)ccc21. The van der Waals surface area contributed by atoms with Crippen LogP contribution in [0.15, 0.2) is 34.6 Å². The number of aryl methyl sites for hydroxylation is 2. The maximum Gasteiger partial charge on any atom is 0.243 e. The maximum atomic E-state index is 13.0. The first-order valence-electron chi connectivity index (χ1n) is 9.47. The van der Waals surface area contributed by atoms with Gasteiger partial charge in [0.05, 0.1) is 21.7 Å². The van der Waals surface area contributed by atoms with Crippen LogP contribution in [0, 0.1) is 0 Å². The molecule has 1 saturated heterocycles. The first kappa shape index (κ1) is 19.4. The highest BCUT2D eigenvalue weighted by Gasteiger charge is 2.26. The van der Waals surface area contributed by atoms with Crippen molar-refractivity contribution in [2.45, 2.75) is 48.5 Å². The standard InChI is InChI=1S/C18H24N6O2S2/c1-3-24-16-8-7-14(28(25,26)23-9-5-4-6-10-23)11-15(16)20-17(24)12-27-18-21-19-13-22(18)2/h7-8,11,13H,3-6,9-10,12H2,1-2H3. The summed E-state index contributed by atoms with van der Waals surface area (Å²) in [4.78, 5) is 5.06. The molecule has 0 saturated carbocycles. The van der Waals surface area contributed by atoms with Crippen molar-refractivity contribution in [3.05, 3.63) is 30.4 Å². The first-order chi connectivity index (χ1) is 13.5. The second-order valence-electron chi connectivity index (χ2n) is 6.90. The second kappa shape index (κ2) is 7.84. The van der Waals surface area contributed by atoms with Crippen molar-refractivity contribution in [3.63, 3.8) is 0 Å². The van der Waals surface area contributed by atoms with Crippen molar-refractivity contribution in [2.75, 3.05) is 13.1 Å². The lowest BCUT2D eigenvalue weighted by Gasteiger charge is -2.25. The van der Waals surface area contributed by atoms with E-state index in [1.807, 2.05) is 17.7 Å². The highest BCUT2D eigenvalue weighted by Crippen LogP contribution is 2.27. The molecular weight excluding hydrogens is 396 g/mol. The maximum absolute atomic E-state index is 13.0. The zero-order valence-corrected chi connectivity index (χ0v) is 17.7. The summed E-state index contributed by atoms with van der Waals surface area (Å²) in [6.07, 6.45) is 4.62. The molecule has 0 N–H and O–H groups in total. The zero-order chi connectivity index (χ0) is 19.7. The van der Waals surface area contributed by atoms with Gasteiger partial charge < -0.3 is 9.13 Å². The summed E-state index contributed by atoms with van der Waals surface area (Å²) in [6, 6.07) is 5.29. The topological polar surface area (TPSA) is 85.9 Å². The van der Waals surface area contributed by atoms with Gasteiger partial charge in [-0.2, -0.15) is 4.31 Å². The van der Waals surface area contributed by atoms with Crippen LogP contribution in [0.4, 0.5) is 0 Å². The lowest BCUT2D eigenvalue weighted by Crippen LogP contribution is -2.35. The van der Waals surface area contributed by atoms with Crippen LogP contribution in [-0.4, -0.2) is 50.1 Å². The molecule has 28 heavy (non-hydrogen) atoms. The smallest absolute Gasteiger partial charge is 0.243 e. The Morgan fingerprint density at radius 1 is 1.18 bits per heavy atom. The Balaban J connectivity index is 1.65. The summed E-state index contributed by atoms with van der Waals surface area (Å²) < 4.78 is 31.5. The van der Waals surface area contributed by atoms with Crippen LogP contribution in [0.5, 0.6) is 0 Å². The number of rotatable bonds is 6. The Morgan fingerprint density at radius 2 is 1.96 bits per heavy atom. The summed E-state index contributed by atoms with van der Waals surface area (Å²) in [5, 5.41) is 8.81. The van der Waals surface area contributed by atoms with E-state index in [0.29, 0.717) is 29.3 Å². The fourth-order valence-electron chi connectivity index (χ4n) is 3.57. The minimum Gasteiger partial charge on any atom is -0.328 e. The van der Waals surface area contributed by atoms with E-state index in [0.717, 1.165) is 42.3 Å². The van der Waals surface area contributed by atoms with E-state index < -0.39 is 10.0 Å². The Morgan fingerprint density at radius 3 is 2.64 bits per heavy atom. The summed E-state index contributed by atoms with van der Waals surface area (Å²) >= 11 is 1.56. The molecule has 0 spiro atoms. The van der Waals surface area contributed by atoms with Crippen molar-refractivity contribution in [1.82, 2.24) is 28.6 Å². The number of imidazole rings is 1. The predicted molar refractivity (Wildman–Crippen MR) is 109 cm³/mol. The molecule has 1 aliphatic rings. The summed E-state index contributed by atoms with van der Waals surface area (Å²) in [7, 11) is -1.55. The predicted octanol–water partition coefficient (Wildman–Crippen LogP) is 2.65. The van der Waals surface area contributed by atoms with Crippen molar-refractivity contribution in [3.8, 4) is 0 Å². The van der Waals surface area contributed by atoms with Gasteiger partial charge in [0.25, 0.3) is 0 Å². The van der Waals surface area contributed by atoms with Crippen LogP contribution in [0.1, 0.15) is 32.0 Å². The average Bonchev–Trinajstić information content (AvgIpc) is 3.28. The molecule has 0 unspecified atom stereocenters. The largest absolute Gasteiger partial charge is 0.328 e. The molecule has 0 aliphatic carbocycles. The number of sulfonamides is 1. The fourth-order valence-corrected chi connectivity index (χ4v) is 5.94. The van der Waals surface area contributed by atoms with Crippen LogP contribution < -0.4 is 0 Å². The average molecular weight is 421 g/mol.